The zero-order valence-electron chi connectivity index (χ0n) is 16.6. The van der Waals surface area contributed by atoms with E-state index in [4.69, 9.17) is 0 Å². The Balaban J connectivity index is 1.14. The number of benzene rings is 1. The molecule has 148 valence electrons. The van der Waals surface area contributed by atoms with Gasteiger partial charge in [0.05, 0.1) is 0 Å². The maximum Gasteiger partial charge on any atom is 0.226 e. The monoisotopic (exact) mass is 378 g/mol. The number of carbonyl (C=O) groups excluding carboxylic acids is 2. The average Bonchev–Trinajstić information content (AvgIpc) is 3.38. The van der Waals surface area contributed by atoms with Crippen LogP contribution in [0.15, 0.2) is 36.4 Å². The number of hydrogen-bond donors (Lipinski definition) is 0. The molecule has 5 rings (SSSR count). The van der Waals surface area contributed by atoms with Crippen LogP contribution in [0.5, 0.6) is 0 Å². The number of piperidine rings is 1. The second-order valence-electron chi connectivity index (χ2n) is 9.56. The maximum absolute atomic E-state index is 12.8. The average molecular weight is 379 g/mol. The van der Waals surface area contributed by atoms with E-state index in [1.165, 1.54) is 24.8 Å². The van der Waals surface area contributed by atoms with Crippen LogP contribution >= 0.6 is 0 Å². The topological polar surface area (TPSA) is 40.6 Å². The lowest BCUT2D eigenvalue weighted by Gasteiger charge is -2.39. The van der Waals surface area contributed by atoms with Gasteiger partial charge in [-0.2, -0.15) is 0 Å². The van der Waals surface area contributed by atoms with Crippen molar-refractivity contribution in [3.63, 3.8) is 0 Å². The third-order valence-corrected chi connectivity index (χ3v) is 7.81. The van der Waals surface area contributed by atoms with Gasteiger partial charge in [0.2, 0.25) is 11.8 Å². The van der Waals surface area contributed by atoms with E-state index in [1.54, 1.807) is 0 Å². The molecule has 2 aliphatic heterocycles. The summed E-state index contributed by atoms with van der Waals surface area (Å²) in [4.78, 5) is 29.5. The standard InChI is InChI=1S/C24H30N2O2/c27-21-17-23(18-26(21)13-4-8-19-6-2-1-3-7-19)11-14-25(15-12-23)22(28)20-16-24(20)9-5-10-24/h1-4,6-8,20H,5,9-18H2/b8-4+/t20-/m1/s1. The van der Waals surface area contributed by atoms with Crippen LogP contribution in [0.1, 0.15) is 50.5 Å². The highest BCUT2D eigenvalue weighted by atomic mass is 16.2. The van der Waals surface area contributed by atoms with Crippen LogP contribution in [0.3, 0.4) is 0 Å². The number of amides is 2. The lowest BCUT2D eigenvalue weighted by atomic mass is 9.77. The highest BCUT2D eigenvalue weighted by molar-refractivity contribution is 5.83. The predicted octanol–water partition coefficient (Wildman–Crippen LogP) is 3.73. The number of nitrogens with zero attached hydrogens (tertiary/aromatic N) is 2. The lowest BCUT2D eigenvalue weighted by Crippen LogP contribution is -2.45. The molecule has 0 bridgehead atoms. The fraction of sp³-hybridized carbons (Fsp3) is 0.583. The van der Waals surface area contributed by atoms with Gasteiger partial charge in [-0.05, 0) is 43.1 Å². The Kier molecular flexibility index (Phi) is 4.33. The molecule has 2 amide bonds. The van der Waals surface area contributed by atoms with Crippen LogP contribution in [-0.4, -0.2) is 47.8 Å². The van der Waals surface area contributed by atoms with Crippen molar-refractivity contribution in [2.45, 2.75) is 44.9 Å². The van der Waals surface area contributed by atoms with Crippen molar-refractivity contribution >= 4 is 17.9 Å². The second kappa shape index (κ2) is 6.75. The largest absolute Gasteiger partial charge is 0.342 e. The quantitative estimate of drug-likeness (QED) is 0.801. The van der Waals surface area contributed by atoms with Gasteiger partial charge in [-0.1, -0.05) is 48.9 Å². The van der Waals surface area contributed by atoms with Crippen molar-refractivity contribution in [1.82, 2.24) is 9.80 Å². The molecule has 2 saturated heterocycles. The van der Waals surface area contributed by atoms with Crippen molar-refractivity contribution in [3.8, 4) is 0 Å². The summed E-state index contributed by atoms with van der Waals surface area (Å²) in [6, 6.07) is 10.2. The minimum absolute atomic E-state index is 0.0894. The second-order valence-corrected chi connectivity index (χ2v) is 9.56. The minimum atomic E-state index is 0.0894. The zero-order valence-corrected chi connectivity index (χ0v) is 16.6. The Labute approximate surface area is 167 Å². The number of rotatable bonds is 4. The van der Waals surface area contributed by atoms with E-state index in [0.29, 0.717) is 30.2 Å². The van der Waals surface area contributed by atoms with Crippen LogP contribution in [0.4, 0.5) is 0 Å². The SMILES string of the molecule is O=C1CC2(CCN(C(=O)[C@H]3CC34CCC4)CC2)CN1C/C=C/c1ccccc1. The van der Waals surface area contributed by atoms with E-state index >= 15 is 0 Å². The van der Waals surface area contributed by atoms with E-state index in [9.17, 15) is 9.59 Å². The summed E-state index contributed by atoms with van der Waals surface area (Å²) in [5, 5.41) is 0. The van der Waals surface area contributed by atoms with Gasteiger partial charge in [-0.3, -0.25) is 9.59 Å². The summed E-state index contributed by atoms with van der Waals surface area (Å²) in [6.45, 7) is 3.21. The summed E-state index contributed by atoms with van der Waals surface area (Å²) in [6.07, 6.45) is 11.8. The van der Waals surface area contributed by atoms with Gasteiger partial charge < -0.3 is 9.80 Å². The Bertz CT molecular complexity index is 788. The van der Waals surface area contributed by atoms with Gasteiger partial charge in [0.25, 0.3) is 0 Å². The van der Waals surface area contributed by atoms with Crippen LogP contribution in [0, 0.1) is 16.7 Å². The number of hydrogen-bond acceptors (Lipinski definition) is 2. The summed E-state index contributed by atoms with van der Waals surface area (Å²) in [5.74, 6) is 0.995. The minimum Gasteiger partial charge on any atom is -0.342 e. The van der Waals surface area contributed by atoms with Crippen molar-refractivity contribution in [2.75, 3.05) is 26.2 Å². The van der Waals surface area contributed by atoms with E-state index in [-0.39, 0.29) is 11.3 Å². The molecule has 1 aromatic carbocycles. The molecule has 2 saturated carbocycles. The fourth-order valence-electron chi connectivity index (χ4n) is 5.67. The first kappa shape index (κ1) is 18.0. The molecular formula is C24H30N2O2. The van der Waals surface area contributed by atoms with Crippen LogP contribution in [0.25, 0.3) is 6.08 Å². The summed E-state index contributed by atoms with van der Waals surface area (Å²) in [5.41, 5.74) is 1.67. The molecular weight excluding hydrogens is 348 g/mol. The first-order valence-corrected chi connectivity index (χ1v) is 10.9. The molecule has 1 aromatic rings. The fourth-order valence-corrected chi connectivity index (χ4v) is 5.67. The Morgan fingerprint density at radius 3 is 2.50 bits per heavy atom. The highest BCUT2D eigenvalue weighted by Gasteiger charge is 2.62. The van der Waals surface area contributed by atoms with E-state index in [1.807, 2.05) is 23.1 Å². The zero-order chi connectivity index (χ0) is 19.2. The van der Waals surface area contributed by atoms with Crippen LogP contribution < -0.4 is 0 Å². The molecule has 0 N–H and O–H groups in total. The number of carbonyl (C=O) groups is 2. The number of likely N-dealkylation sites (tertiary alicyclic amines) is 2. The molecule has 1 atom stereocenters. The van der Waals surface area contributed by atoms with Gasteiger partial charge in [-0.25, -0.2) is 0 Å². The molecule has 2 heterocycles. The lowest BCUT2D eigenvalue weighted by molar-refractivity contribution is -0.136. The smallest absolute Gasteiger partial charge is 0.226 e. The Morgan fingerprint density at radius 1 is 1.11 bits per heavy atom. The molecule has 4 nitrogen and oxygen atoms in total. The maximum atomic E-state index is 12.8. The molecule has 0 aromatic heterocycles. The van der Waals surface area contributed by atoms with E-state index < -0.39 is 0 Å². The molecule has 4 fully saturated rings. The van der Waals surface area contributed by atoms with Gasteiger partial charge in [0, 0.05) is 43.9 Å². The third-order valence-electron chi connectivity index (χ3n) is 7.81. The summed E-state index contributed by atoms with van der Waals surface area (Å²) < 4.78 is 0. The van der Waals surface area contributed by atoms with Gasteiger partial charge in [-0.15, -0.1) is 0 Å². The van der Waals surface area contributed by atoms with Gasteiger partial charge in [0.1, 0.15) is 0 Å². The predicted molar refractivity (Wildman–Crippen MR) is 109 cm³/mol. The van der Waals surface area contributed by atoms with Gasteiger partial charge in [0.15, 0.2) is 0 Å². The molecule has 0 unspecified atom stereocenters. The Hall–Kier alpha value is -2.10. The van der Waals surface area contributed by atoms with E-state index in [0.717, 1.165) is 38.9 Å². The van der Waals surface area contributed by atoms with Crippen molar-refractivity contribution in [3.05, 3.63) is 42.0 Å². The molecule has 4 aliphatic rings. The molecule has 28 heavy (non-hydrogen) atoms. The molecule has 4 heteroatoms. The van der Waals surface area contributed by atoms with E-state index in [2.05, 4.69) is 29.2 Å². The van der Waals surface area contributed by atoms with Crippen LogP contribution in [0.2, 0.25) is 0 Å². The first-order chi connectivity index (χ1) is 13.6. The third kappa shape index (κ3) is 3.17. The Morgan fingerprint density at radius 2 is 1.86 bits per heavy atom. The van der Waals surface area contributed by atoms with Crippen molar-refractivity contribution < 1.29 is 9.59 Å². The first-order valence-electron chi connectivity index (χ1n) is 10.9. The molecule has 0 radical (unpaired) electrons. The molecule has 2 spiro atoms. The normalized spacial score (nSPS) is 27.6. The summed E-state index contributed by atoms with van der Waals surface area (Å²) >= 11 is 0. The summed E-state index contributed by atoms with van der Waals surface area (Å²) in [7, 11) is 0. The van der Waals surface area contributed by atoms with Crippen molar-refractivity contribution in [1.29, 1.82) is 0 Å². The van der Waals surface area contributed by atoms with Crippen molar-refractivity contribution in [2.24, 2.45) is 16.7 Å². The van der Waals surface area contributed by atoms with Gasteiger partial charge >= 0.3 is 0 Å². The van der Waals surface area contributed by atoms with Crippen LogP contribution in [-0.2, 0) is 9.59 Å². The highest BCUT2D eigenvalue weighted by Crippen LogP contribution is 2.66. The molecule has 2 aliphatic carbocycles.